The first-order chi connectivity index (χ1) is 13.7. The fourth-order valence-electron chi connectivity index (χ4n) is 4.37. The van der Waals surface area contributed by atoms with Crippen molar-refractivity contribution in [2.24, 2.45) is 0 Å². The van der Waals surface area contributed by atoms with Gasteiger partial charge >= 0.3 is 0 Å². The van der Waals surface area contributed by atoms with Crippen LogP contribution >= 0.6 is 0 Å². The summed E-state index contributed by atoms with van der Waals surface area (Å²) in [6.45, 7) is 2.06. The molecule has 140 valence electrons. The van der Waals surface area contributed by atoms with E-state index in [0.29, 0.717) is 5.56 Å². The van der Waals surface area contributed by atoms with Gasteiger partial charge in [-0.05, 0) is 68.0 Å². The van der Waals surface area contributed by atoms with Gasteiger partial charge in [0.15, 0.2) is 0 Å². The molecule has 2 aromatic heterocycles. The maximum Gasteiger partial charge on any atom is 0.274 e. The van der Waals surface area contributed by atoms with Crippen molar-refractivity contribution >= 4 is 27.7 Å². The van der Waals surface area contributed by atoms with Crippen molar-refractivity contribution in [3.05, 3.63) is 58.8 Å². The first-order valence-corrected chi connectivity index (χ1v) is 9.51. The minimum atomic E-state index is -0.516. The number of nitrogens with one attached hydrogen (secondary N) is 2. The molecule has 0 atom stereocenters. The third-order valence-electron chi connectivity index (χ3n) is 5.69. The molecule has 0 radical (unpaired) electrons. The van der Waals surface area contributed by atoms with Crippen LogP contribution in [0, 0.1) is 6.92 Å². The number of H-pyrrole nitrogens is 1. The molecule has 3 N–H and O–H groups in total. The Balaban J connectivity index is 1.77. The van der Waals surface area contributed by atoms with E-state index in [1.807, 2.05) is 24.3 Å². The molecule has 0 unspecified atom stereocenters. The lowest BCUT2D eigenvalue weighted by Gasteiger charge is -2.22. The molecule has 6 heteroatoms. The average Bonchev–Trinajstić information content (AvgIpc) is 3.13. The Kier molecular flexibility index (Phi) is 3.87. The average molecular weight is 372 g/mol. The largest absolute Gasteiger partial charge is 0.288 e. The quantitative estimate of drug-likeness (QED) is 0.365. The molecule has 28 heavy (non-hydrogen) atoms. The molecule has 1 amide bonds. The number of fused-ring (bicyclic) bond motifs is 5. The number of nitrogens with zero attached hydrogens (tertiary/aromatic N) is 2. The second-order valence-corrected chi connectivity index (χ2v) is 7.35. The number of carbonyl (C=O) groups is 1. The van der Waals surface area contributed by atoms with Gasteiger partial charge in [0.05, 0.1) is 16.7 Å². The number of carbonyl (C=O) groups excluding carboxylic acids is 1. The van der Waals surface area contributed by atoms with E-state index in [1.54, 1.807) is 17.6 Å². The highest BCUT2D eigenvalue weighted by Gasteiger charge is 2.22. The van der Waals surface area contributed by atoms with Crippen LogP contribution in [0.2, 0.25) is 0 Å². The van der Waals surface area contributed by atoms with E-state index in [4.69, 9.17) is 10.2 Å². The summed E-state index contributed by atoms with van der Waals surface area (Å²) in [5, 5.41) is 18.7. The van der Waals surface area contributed by atoms with Gasteiger partial charge in [0.2, 0.25) is 0 Å². The van der Waals surface area contributed by atoms with Crippen molar-refractivity contribution in [1.29, 1.82) is 0 Å². The van der Waals surface area contributed by atoms with Gasteiger partial charge in [-0.1, -0.05) is 12.1 Å². The maximum atomic E-state index is 11.6. The Morgan fingerprint density at radius 2 is 1.71 bits per heavy atom. The Bertz CT molecular complexity index is 1230. The zero-order valence-electron chi connectivity index (χ0n) is 15.5. The molecule has 2 heterocycles. The van der Waals surface area contributed by atoms with E-state index in [9.17, 15) is 4.79 Å². The first-order valence-electron chi connectivity index (χ1n) is 9.51. The van der Waals surface area contributed by atoms with Gasteiger partial charge in [0, 0.05) is 27.6 Å². The molecular weight excluding hydrogens is 352 g/mol. The van der Waals surface area contributed by atoms with E-state index in [0.717, 1.165) is 47.2 Å². The SMILES string of the molecule is Cc1[nH]nc2ccc3nc(-c4ccc(C(=O)NO)cc4)c4c(c3c12)CCCC4. The summed E-state index contributed by atoms with van der Waals surface area (Å²) in [6.07, 6.45) is 4.36. The zero-order valence-corrected chi connectivity index (χ0v) is 15.5. The zero-order chi connectivity index (χ0) is 19.3. The Morgan fingerprint density at radius 1 is 1.00 bits per heavy atom. The van der Waals surface area contributed by atoms with Crippen molar-refractivity contribution < 1.29 is 10.0 Å². The van der Waals surface area contributed by atoms with Crippen LogP contribution in [0.3, 0.4) is 0 Å². The molecule has 0 fully saturated rings. The summed E-state index contributed by atoms with van der Waals surface area (Å²) in [7, 11) is 0. The molecule has 0 saturated carbocycles. The van der Waals surface area contributed by atoms with E-state index >= 15 is 0 Å². The van der Waals surface area contributed by atoms with Gasteiger partial charge in [0.25, 0.3) is 5.91 Å². The fraction of sp³-hybridized carbons (Fsp3) is 0.227. The number of aryl methyl sites for hydroxylation is 2. The van der Waals surface area contributed by atoms with Crippen molar-refractivity contribution in [1.82, 2.24) is 20.7 Å². The lowest BCUT2D eigenvalue weighted by atomic mass is 9.85. The van der Waals surface area contributed by atoms with Gasteiger partial charge in [-0.15, -0.1) is 0 Å². The van der Waals surface area contributed by atoms with E-state index in [1.165, 1.54) is 28.3 Å². The maximum absolute atomic E-state index is 11.6. The predicted octanol–water partition coefficient (Wildman–Crippen LogP) is 4.08. The summed E-state index contributed by atoms with van der Waals surface area (Å²) < 4.78 is 0. The smallest absolute Gasteiger partial charge is 0.274 e. The number of benzene rings is 2. The summed E-state index contributed by atoms with van der Waals surface area (Å²) in [4.78, 5) is 16.6. The summed E-state index contributed by atoms with van der Waals surface area (Å²) in [5.74, 6) is -0.516. The van der Waals surface area contributed by atoms with Crippen LogP contribution < -0.4 is 5.48 Å². The van der Waals surface area contributed by atoms with Gasteiger partial charge in [-0.25, -0.2) is 10.5 Å². The molecule has 6 nitrogen and oxygen atoms in total. The molecule has 0 aliphatic heterocycles. The molecule has 0 bridgehead atoms. The summed E-state index contributed by atoms with van der Waals surface area (Å²) >= 11 is 0. The van der Waals surface area contributed by atoms with Crippen LogP contribution in [-0.4, -0.2) is 26.3 Å². The van der Waals surface area contributed by atoms with E-state index < -0.39 is 5.91 Å². The number of hydroxylamine groups is 1. The number of hydrogen-bond donors (Lipinski definition) is 3. The lowest BCUT2D eigenvalue weighted by molar-refractivity contribution is 0.0706. The van der Waals surface area contributed by atoms with E-state index in [-0.39, 0.29) is 0 Å². The second kappa shape index (κ2) is 6.42. The highest BCUT2D eigenvalue weighted by molar-refractivity contribution is 6.09. The van der Waals surface area contributed by atoms with Crippen molar-refractivity contribution in [3.8, 4) is 11.3 Å². The van der Waals surface area contributed by atoms with Crippen molar-refractivity contribution in [3.63, 3.8) is 0 Å². The minimum absolute atomic E-state index is 0.414. The molecule has 1 aliphatic carbocycles. The molecule has 4 aromatic rings. The molecular formula is C22H20N4O2. The molecule has 0 spiro atoms. The fourth-order valence-corrected chi connectivity index (χ4v) is 4.37. The van der Waals surface area contributed by atoms with Crippen LogP contribution in [0.15, 0.2) is 36.4 Å². The van der Waals surface area contributed by atoms with Gasteiger partial charge in [-0.3, -0.25) is 15.1 Å². The molecule has 2 aromatic carbocycles. The number of amides is 1. The number of aromatic nitrogens is 3. The topological polar surface area (TPSA) is 90.9 Å². The third kappa shape index (κ3) is 2.49. The molecule has 0 saturated heterocycles. The predicted molar refractivity (Wildman–Crippen MR) is 107 cm³/mol. The minimum Gasteiger partial charge on any atom is -0.288 e. The Labute approximate surface area is 161 Å². The lowest BCUT2D eigenvalue weighted by Crippen LogP contribution is -2.18. The highest BCUT2D eigenvalue weighted by Crippen LogP contribution is 2.38. The van der Waals surface area contributed by atoms with Crippen LogP contribution in [0.4, 0.5) is 0 Å². The molecule has 1 aliphatic rings. The normalized spacial score (nSPS) is 13.6. The number of pyridine rings is 1. The van der Waals surface area contributed by atoms with Crippen molar-refractivity contribution in [2.75, 3.05) is 0 Å². The number of rotatable bonds is 2. The molecule has 5 rings (SSSR count). The van der Waals surface area contributed by atoms with Crippen LogP contribution in [0.5, 0.6) is 0 Å². The standard InChI is InChI=1S/C22H20N4O2/c1-12-19-18(25-24-12)11-10-17-20(19)15-4-2-3-5-16(15)21(23-17)13-6-8-14(9-7-13)22(27)26-28/h6-11,28H,2-5H2,1H3,(H,24,25)(H,26,27). The second-order valence-electron chi connectivity index (χ2n) is 7.35. The van der Waals surface area contributed by atoms with Crippen molar-refractivity contribution in [2.45, 2.75) is 32.6 Å². The van der Waals surface area contributed by atoms with Crippen LogP contribution in [0.1, 0.15) is 40.0 Å². The van der Waals surface area contributed by atoms with Gasteiger partial charge < -0.3 is 0 Å². The Hall–Kier alpha value is -3.25. The van der Waals surface area contributed by atoms with Crippen LogP contribution in [-0.2, 0) is 12.8 Å². The number of hydrogen-bond acceptors (Lipinski definition) is 4. The van der Waals surface area contributed by atoms with Gasteiger partial charge in [0.1, 0.15) is 0 Å². The van der Waals surface area contributed by atoms with E-state index in [2.05, 4.69) is 17.1 Å². The third-order valence-corrected chi connectivity index (χ3v) is 5.69. The number of aromatic amines is 1. The summed E-state index contributed by atoms with van der Waals surface area (Å²) in [5.41, 5.74) is 9.75. The first kappa shape index (κ1) is 16.9. The summed E-state index contributed by atoms with van der Waals surface area (Å²) in [6, 6.07) is 11.3. The monoisotopic (exact) mass is 372 g/mol. The highest BCUT2D eigenvalue weighted by atomic mass is 16.5. The van der Waals surface area contributed by atoms with Gasteiger partial charge in [-0.2, -0.15) is 5.10 Å². The van der Waals surface area contributed by atoms with Crippen LogP contribution in [0.25, 0.3) is 33.1 Å². The Morgan fingerprint density at radius 3 is 2.46 bits per heavy atom.